The van der Waals surface area contributed by atoms with E-state index in [1.165, 1.54) is 4.31 Å². The summed E-state index contributed by atoms with van der Waals surface area (Å²) < 4.78 is 38.7. The van der Waals surface area contributed by atoms with Crippen molar-refractivity contribution < 1.29 is 22.7 Å². The van der Waals surface area contributed by atoms with Gasteiger partial charge in [-0.1, -0.05) is 38.1 Å². The highest BCUT2D eigenvalue weighted by molar-refractivity contribution is 7.89. The third kappa shape index (κ3) is 5.54. The minimum Gasteiger partial charge on any atom is -0.490 e. The molecule has 1 N–H and O–H groups in total. The second kappa shape index (κ2) is 10.8. The first-order chi connectivity index (χ1) is 16.4. The van der Waals surface area contributed by atoms with Gasteiger partial charge >= 0.3 is 0 Å². The predicted molar refractivity (Wildman–Crippen MR) is 129 cm³/mol. The van der Waals surface area contributed by atoms with E-state index in [4.69, 9.17) is 9.47 Å². The number of carbonyl (C=O) groups is 1. The molecule has 0 unspecified atom stereocenters. The van der Waals surface area contributed by atoms with Gasteiger partial charge in [-0.25, -0.2) is 8.42 Å². The molecule has 2 aromatic rings. The van der Waals surface area contributed by atoms with Gasteiger partial charge in [-0.3, -0.25) is 4.79 Å². The predicted octanol–water partition coefficient (Wildman–Crippen LogP) is 2.67. The molecular formula is C25H33N3O5S. The molecule has 2 heterocycles. The van der Waals surface area contributed by atoms with Crippen LogP contribution in [0.3, 0.4) is 0 Å². The monoisotopic (exact) mass is 487 g/mol. The summed E-state index contributed by atoms with van der Waals surface area (Å²) in [5.74, 6) is 1.72. The van der Waals surface area contributed by atoms with Crippen LogP contribution < -0.4 is 14.8 Å². The Balaban J connectivity index is 1.34. The molecule has 1 saturated heterocycles. The van der Waals surface area contributed by atoms with E-state index in [0.29, 0.717) is 39.4 Å². The lowest BCUT2D eigenvalue weighted by Gasteiger charge is -2.34. The zero-order chi connectivity index (χ0) is 24.1. The lowest BCUT2D eigenvalue weighted by atomic mass is 9.95. The molecule has 8 nitrogen and oxygen atoms in total. The number of ether oxygens (including phenoxy) is 2. The van der Waals surface area contributed by atoms with Crippen molar-refractivity contribution >= 4 is 15.9 Å². The summed E-state index contributed by atoms with van der Waals surface area (Å²) in [6, 6.07) is 14.3. The highest BCUT2D eigenvalue weighted by Gasteiger charge is 2.30. The van der Waals surface area contributed by atoms with E-state index in [2.05, 4.69) is 19.2 Å². The summed E-state index contributed by atoms with van der Waals surface area (Å²) in [5.41, 5.74) is 1.05. The average Bonchev–Trinajstić information content (AvgIpc) is 3.09. The van der Waals surface area contributed by atoms with Crippen molar-refractivity contribution in [3.8, 4) is 11.5 Å². The van der Waals surface area contributed by atoms with Crippen LogP contribution in [0.1, 0.15) is 31.9 Å². The molecule has 4 rings (SSSR count). The Morgan fingerprint density at radius 2 is 1.65 bits per heavy atom. The molecule has 2 aliphatic rings. The zero-order valence-corrected chi connectivity index (χ0v) is 20.6. The summed E-state index contributed by atoms with van der Waals surface area (Å²) >= 11 is 0. The normalized spacial score (nSPS) is 17.9. The summed E-state index contributed by atoms with van der Waals surface area (Å²) in [6.45, 7) is 7.01. The number of benzene rings is 2. The van der Waals surface area contributed by atoms with E-state index < -0.39 is 10.0 Å². The average molecular weight is 488 g/mol. The molecule has 0 aliphatic carbocycles. The van der Waals surface area contributed by atoms with Gasteiger partial charge in [0.25, 0.3) is 0 Å². The Morgan fingerprint density at radius 1 is 0.971 bits per heavy atom. The van der Waals surface area contributed by atoms with E-state index in [0.717, 1.165) is 23.5 Å². The Morgan fingerprint density at radius 3 is 2.32 bits per heavy atom. The molecule has 0 spiro atoms. The quantitative estimate of drug-likeness (QED) is 0.646. The zero-order valence-electron chi connectivity index (χ0n) is 19.8. The summed E-state index contributed by atoms with van der Waals surface area (Å²) in [4.78, 5) is 14.9. The van der Waals surface area contributed by atoms with Crippen LogP contribution in [0.25, 0.3) is 0 Å². The number of sulfonamides is 1. The fourth-order valence-electron chi connectivity index (χ4n) is 4.34. The van der Waals surface area contributed by atoms with Gasteiger partial charge in [0.2, 0.25) is 15.9 Å². The number of nitrogens with zero attached hydrogens (tertiary/aromatic N) is 2. The largest absolute Gasteiger partial charge is 0.490 e. The van der Waals surface area contributed by atoms with Gasteiger partial charge in [0, 0.05) is 38.6 Å². The first-order valence-electron chi connectivity index (χ1n) is 11.8. The smallest absolute Gasteiger partial charge is 0.243 e. The standard InChI is InChI=1S/C25H33N3O5S/c1-19(2)25(20-9-10-22-23(17-20)33-16-6-15-32-22)26-18-24(29)27-11-13-28(14-12-27)34(30,31)21-7-4-3-5-8-21/h3-5,7-10,17,19,25-26H,6,11-16,18H2,1-2H3/t25-/m1/s1. The summed E-state index contributed by atoms with van der Waals surface area (Å²) in [5, 5.41) is 3.40. The van der Waals surface area contributed by atoms with Crippen LogP contribution in [0.5, 0.6) is 11.5 Å². The molecule has 9 heteroatoms. The lowest BCUT2D eigenvalue weighted by molar-refractivity contribution is -0.131. The van der Waals surface area contributed by atoms with E-state index in [1.54, 1.807) is 35.2 Å². The van der Waals surface area contributed by atoms with Crippen LogP contribution in [0.4, 0.5) is 0 Å². The van der Waals surface area contributed by atoms with Crippen molar-refractivity contribution in [3.63, 3.8) is 0 Å². The van der Waals surface area contributed by atoms with Gasteiger partial charge in [0.15, 0.2) is 11.5 Å². The molecule has 2 aromatic carbocycles. The molecule has 184 valence electrons. The first-order valence-corrected chi connectivity index (χ1v) is 13.3. The van der Waals surface area contributed by atoms with Crippen molar-refractivity contribution in [3.05, 3.63) is 54.1 Å². The van der Waals surface area contributed by atoms with E-state index in [1.807, 2.05) is 18.2 Å². The van der Waals surface area contributed by atoms with Crippen LogP contribution in [0.2, 0.25) is 0 Å². The number of fused-ring (bicyclic) bond motifs is 1. The minimum atomic E-state index is -3.54. The maximum atomic E-state index is 12.9. The third-order valence-electron chi connectivity index (χ3n) is 6.24. The Bertz CT molecular complexity index is 1080. The number of carbonyl (C=O) groups excluding carboxylic acids is 1. The van der Waals surface area contributed by atoms with E-state index in [-0.39, 0.29) is 29.3 Å². The number of hydrogen-bond donors (Lipinski definition) is 1. The van der Waals surface area contributed by atoms with Gasteiger partial charge in [-0.05, 0) is 35.7 Å². The summed E-state index contributed by atoms with van der Waals surface area (Å²) in [6.07, 6.45) is 0.851. The summed E-state index contributed by atoms with van der Waals surface area (Å²) in [7, 11) is -3.54. The molecule has 34 heavy (non-hydrogen) atoms. The Hall–Kier alpha value is -2.62. The van der Waals surface area contributed by atoms with E-state index >= 15 is 0 Å². The van der Waals surface area contributed by atoms with Crippen LogP contribution in [-0.4, -0.2) is 69.5 Å². The van der Waals surface area contributed by atoms with Gasteiger partial charge in [-0.15, -0.1) is 0 Å². The van der Waals surface area contributed by atoms with Crippen molar-refractivity contribution in [1.29, 1.82) is 0 Å². The number of rotatable bonds is 7. The highest BCUT2D eigenvalue weighted by Crippen LogP contribution is 2.34. The topological polar surface area (TPSA) is 88.2 Å². The van der Waals surface area contributed by atoms with Crippen LogP contribution in [0, 0.1) is 5.92 Å². The van der Waals surface area contributed by atoms with Crippen LogP contribution >= 0.6 is 0 Å². The van der Waals surface area contributed by atoms with Crippen LogP contribution in [-0.2, 0) is 14.8 Å². The minimum absolute atomic E-state index is 0.0270. The lowest BCUT2D eigenvalue weighted by Crippen LogP contribution is -2.52. The fourth-order valence-corrected chi connectivity index (χ4v) is 5.78. The molecule has 1 fully saturated rings. The number of amides is 1. The van der Waals surface area contributed by atoms with Gasteiger partial charge in [0.05, 0.1) is 24.7 Å². The highest BCUT2D eigenvalue weighted by atomic mass is 32.2. The third-order valence-corrected chi connectivity index (χ3v) is 8.16. The molecule has 0 bridgehead atoms. The maximum absolute atomic E-state index is 12.9. The number of piperazine rings is 1. The first kappa shape index (κ1) is 24.5. The SMILES string of the molecule is CC(C)[C@@H](NCC(=O)N1CCN(S(=O)(=O)c2ccccc2)CC1)c1ccc2c(c1)OCCCO2. The van der Waals surface area contributed by atoms with Gasteiger partial charge in [0.1, 0.15) is 0 Å². The Labute approximate surface area is 201 Å². The van der Waals surface area contributed by atoms with Gasteiger partial charge < -0.3 is 19.7 Å². The van der Waals surface area contributed by atoms with E-state index in [9.17, 15) is 13.2 Å². The van der Waals surface area contributed by atoms with Crippen molar-refractivity contribution in [2.45, 2.75) is 31.2 Å². The fraction of sp³-hybridized carbons (Fsp3) is 0.480. The molecule has 1 atom stereocenters. The number of nitrogens with one attached hydrogen (secondary N) is 1. The second-order valence-electron chi connectivity index (χ2n) is 8.96. The van der Waals surface area contributed by atoms with Crippen LogP contribution in [0.15, 0.2) is 53.4 Å². The molecule has 2 aliphatic heterocycles. The second-order valence-corrected chi connectivity index (χ2v) is 10.9. The molecule has 1 amide bonds. The van der Waals surface area contributed by atoms with Crippen molar-refractivity contribution in [2.24, 2.45) is 5.92 Å². The van der Waals surface area contributed by atoms with Crippen molar-refractivity contribution in [2.75, 3.05) is 45.9 Å². The van der Waals surface area contributed by atoms with Gasteiger partial charge in [-0.2, -0.15) is 4.31 Å². The molecule has 0 radical (unpaired) electrons. The van der Waals surface area contributed by atoms with Crippen molar-refractivity contribution in [1.82, 2.24) is 14.5 Å². The molecule has 0 aromatic heterocycles. The maximum Gasteiger partial charge on any atom is 0.243 e. The number of hydrogen-bond acceptors (Lipinski definition) is 6. The molecular weight excluding hydrogens is 454 g/mol. The molecule has 0 saturated carbocycles. The Kier molecular flexibility index (Phi) is 7.75.